The lowest BCUT2D eigenvalue weighted by atomic mass is 10.0. The van der Waals surface area contributed by atoms with Crippen molar-refractivity contribution in [2.75, 3.05) is 26.7 Å². The molecule has 25 heavy (non-hydrogen) atoms. The Morgan fingerprint density at radius 2 is 2.08 bits per heavy atom. The topological polar surface area (TPSA) is 39.7 Å². The summed E-state index contributed by atoms with van der Waals surface area (Å²) in [4.78, 5) is 6.67. The number of nitrogens with one attached hydrogen (secondary N) is 2. The van der Waals surface area contributed by atoms with E-state index in [4.69, 9.17) is 0 Å². The van der Waals surface area contributed by atoms with E-state index < -0.39 is 0 Å². The van der Waals surface area contributed by atoms with Crippen LogP contribution in [0.3, 0.4) is 0 Å². The van der Waals surface area contributed by atoms with Crippen LogP contribution in [0, 0.1) is 5.82 Å². The molecular weight excluding hydrogens is 498 g/mol. The Morgan fingerprint density at radius 1 is 1.40 bits per heavy atom. The third-order valence-electron chi connectivity index (χ3n) is 4.11. The van der Waals surface area contributed by atoms with Crippen molar-refractivity contribution in [3.8, 4) is 0 Å². The van der Waals surface area contributed by atoms with Crippen LogP contribution >= 0.6 is 39.9 Å². The van der Waals surface area contributed by atoms with Crippen molar-refractivity contribution < 1.29 is 4.39 Å². The Kier molecular flexibility index (Phi) is 9.96. The number of nitrogens with zero attached hydrogens (tertiary/aromatic N) is 2. The molecule has 0 atom stereocenters. The molecule has 0 spiro atoms. The first-order valence-corrected chi connectivity index (χ1v) is 9.05. The van der Waals surface area contributed by atoms with Crippen LogP contribution in [0.1, 0.15) is 25.3 Å². The molecule has 1 aromatic rings. The van der Waals surface area contributed by atoms with Gasteiger partial charge in [0.25, 0.3) is 0 Å². The fourth-order valence-electron chi connectivity index (χ4n) is 2.85. The van der Waals surface area contributed by atoms with Crippen LogP contribution in [0.5, 0.6) is 0 Å². The molecular formula is C18H27BrFIN4. The monoisotopic (exact) mass is 524 g/mol. The molecule has 0 radical (unpaired) electrons. The van der Waals surface area contributed by atoms with E-state index in [2.05, 4.69) is 50.0 Å². The van der Waals surface area contributed by atoms with Crippen LogP contribution in [-0.4, -0.2) is 43.6 Å². The molecule has 0 aliphatic carbocycles. The van der Waals surface area contributed by atoms with Crippen LogP contribution in [-0.2, 0) is 6.54 Å². The molecule has 0 amide bonds. The molecule has 0 unspecified atom stereocenters. The largest absolute Gasteiger partial charge is 0.354 e. The van der Waals surface area contributed by atoms with E-state index in [9.17, 15) is 4.39 Å². The summed E-state index contributed by atoms with van der Waals surface area (Å²) in [5.41, 5.74) is 1.83. The predicted octanol–water partition coefficient (Wildman–Crippen LogP) is 3.91. The maximum Gasteiger partial charge on any atom is 0.191 e. The molecule has 1 aliphatic rings. The summed E-state index contributed by atoms with van der Waals surface area (Å²) in [5, 5.41) is 6.63. The summed E-state index contributed by atoms with van der Waals surface area (Å²) in [7, 11) is 1.74. The van der Waals surface area contributed by atoms with E-state index in [1.807, 2.05) is 6.07 Å². The number of aliphatic imine (C=N–C) groups is 1. The second-order valence-corrected chi connectivity index (χ2v) is 7.23. The number of benzene rings is 1. The molecule has 0 aromatic heterocycles. The lowest BCUT2D eigenvalue weighted by Gasteiger charge is -2.33. The molecule has 0 bridgehead atoms. The quantitative estimate of drug-likeness (QED) is 0.265. The number of piperidine rings is 1. The highest BCUT2D eigenvalue weighted by Gasteiger charge is 2.19. The number of halogens is 3. The zero-order valence-electron chi connectivity index (χ0n) is 14.8. The summed E-state index contributed by atoms with van der Waals surface area (Å²) < 4.78 is 14.6. The van der Waals surface area contributed by atoms with Crippen molar-refractivity contribution in [3.63, 3.8) is 0 Å². The molecule has 1 aromatic carbocycles. The Labute approximate surface area is 175 Å². The highest BCUT2D eigenvalue weighted by atomic mass is 127. The zero-order valence-corrected chi connectivity index (χ0v) is 18.7. The van der Waals surface area contributed by atoms with Crippen LogP contribution in [0.2, 0.25) is 0 Å². The van der Waals surface area contributed by atoms with Crippen molar-refractivity contribution >= 4 is 45.9 Å². The zero-order chi connectivity index (χ0) is 17.5. The number of likely N-dealkylation sites (tertiary alicyclic amines) is 1. The van der Waals surface area contributed by atoms with Gasteiger partial charge in [-0.05, 0) is 31.9 Å². The first kappa shape index (κ1) is 22.4. The Hall–Kier alpha value is -0.670. The van der Waals surface area contributed by atoms with Gasteiger partial charge in [0.15, 0.2) is 5.96 Å². The van der Waals surface area contributed by atoms with Crippen LogP contribution in [0.25, 0.3) is 0 Å². The summed E-state index contributed by atoms with van der Waals surface area (Å²) in [6.45, 7) is 9.54. The first-order chi connectivity index (χ1) is 11.5. The molecule has 0 saturated carbocycles. The minimum atomic E-state index is -0.222. The van der Waals surface area contributed by atoms with Gasteiger partial charge in [-0.25, -0.2) is 4.39 Å². The average Bonchev–Trinajstić information content (AvgIpc) is 2.54. The molecule has 4 nitrogen and oxygen atoms in total. The normalized spacial score (nSPS) is 16.2. The van der Waals surface area contributed by atoms with E-state index in [0.29, 0.717) is 18.2 Å². The number of rotatable bonds is 5. The van der Waals surface area contributed by atoms with Gasteiger partial charge in [0.1, 0.15) is 5.82 Å². The average molecular weight is 525 g/mol. The number of hydrogen-bond acceptors (Lipinski definition) is 2. The van der Waals surface area contributed by atoms with Gasteiger partial charge in [0.05, 0.1) is 0 Å². The number of guanidine groups is 1. The Balaban J connectivity index is 0.00000312. The van der Waals surface area contributed by atoms with E-state index in [0.717, 1.165) is 42.9 Å². The van der Waals surface area contributed by atoms with E-state index in [1.54, 1.807) is 13.1 Å². The van der Waals surface area contributed by atoms with Gasteiger partial charge in [-0.2, -0.15) is 0 Å². The van der Waals surface area contributed by atoms with Gasteiger partial charge in [0, 0.05) is 49.3 Å². The maximum absolute atomic E-state index is 13.9. The van der Waals surface area contributed by atoms with Crippen molar-refractivity contribution in [1.82, 2.24) is 15.5 Å². The smallest absolute Gasteiger partial charge is 0.191 e. The molecule has 1 aliphatic heterocycles. The van der Waals surface area contributed by atoms with E-state index >= 15 is 0 Å². The minimum Gasteiger partial charge on any atom is -0.354 e. The van der Waals surface area contributed by atoms with Crippen LogP contribution < -0.4 is 10.6 Å². The fraction of sp³-hybridized carbons (Fsp3) is 0.500. The minimum absolute atomic E-state index is 0. The van der Waals surface area contributed by atoms with Gasteiger partial charge in [0.2, 0.25) is 0 Å². The van der Waals surface area contributed by atoms with Crippen LogP contribution in [0.15, 0.2) is 39.8 Å². The summed E-state index contributed by atoms with van der Waals surface area (Å²) in [5.74, 6) is 0.496. The van der Waals surface area contributed by atoms with Crippen molar-refractivity contribution in [1.29, 1.82) is 0 Å². The highest BCUT2D eigenvalue weighted by molar-refractivity contribution is 14.0. The molecule has 7 heteroatoms. The van der Waals surface area contributed by atoms with Gasteiger partial charge >= 0.3 is 0 Å². The lowest BCUT2D eigenvalue weighted by Crippen LogP contribution is -2.48. The molecule has 1 fully saturated rings. The molecule has 2 N–H and O–H groups in total. The SMILES string of the molecule is C=C(C)CN1CCC(NC(=NC)NCc2ccc(Br)cc2F)CC1.I. The lowest BCUT2D eigenvalue weighted by molar-refractivity contribution is 0.221. The fourth-order valence-corrected chi connectivity index (χ4v) is 3.18. The van der Waals surface area contributed by atoms with Crippen molar-refractivity contribution in [2.24, 2.45) is 4.99 Å². The second kappa shape index (κ2) is 11.1. The maximum atomic E-state index is 13.9. The van der Waals surface area contributed by atoms with E-state index in [1.165, 1.54) is 11.6 Å². The van der Waals surface area contributed by atoms with Gasteiger partial charge in [-0.15, -0.1) is 24.0 Å². The summed E-state index contributed by atoms with van der Waals surface area (Å²) >= 11 is 3.27. The first-order valence-electron chi connectivity index (χ1n) is 8.25. The molecule has 140 valence electrons. The van der Waals surface area contributed by atoms with Crippen molar-refractivity contribution in [2.45, 2.75) is 32.4 Å². The third kappa shape index (κ3) is 7.62. The van der Waals surface area contributed by atoms with Gasteiger partial charge < -0.3 is 10.6 Å². The molecule has 1 saturated heterocycles. The predicted molar refractivity (Wildman–Crippen MR) is 117 cm³/mol. The van der Waals surface area contributed by atoms with E-state index in [-0.39, 0.29) is 29.8 Å². The Morgan fingerprint density at radius 3 is 2.64 bits per heavy atom. The molecule has 2 rings (SSSR count). The van der Waals surface area contributed by atoms with Crippen molar-refractivity contribution in [3.05, 3.63) is 46.2 Å². The summed E-state index contributed by atoms with van der Waals surface area (Å²) in [6.07, 6.45) is 2.14. The van der Waals surface area contributed by atoms with Crippen LogP contribution in [0.4, 0.5) is 4.39 Å². The standard InChI is InChI=1S/C18H26BrFN4.HI/c1-13(2)12-24-8-6-16(7-9-24)23-18(21-3)22-11-14-4-5-15(19)10-17(14)20;/h4-5,10,16H,1,6-9,11-12H2,2-3H3,(H2,21,22,23);1H. The summed E-state index contributed by atoms with van der Waals surface area (Å²) in [6, 6.07) is 5.49. The van der Waals surface area contributed by atoms with Gasteiger partial charge in [-0.3, -0.25) is 9.89 Å². The highest BCUT2D eigenvalue weighted by Crippen LogP contribution is 2.15. The number of hydrogen-bond donors (Lipinski definition) is 2. The molecule has 1 heterocycles. The third-order valence-corrected chi connectivity index (χ3v) is 4.60. The van der Waals surface area contributed by atoms with Gasteiger partial charge in [-0.1, -0.05) is 34.1 Å². The Bertz CT molecular complexity index is 601. The second-order valence-electron chi connectivity index (χ2n) is 6.31.